The highest BCUT2D eigenvalue weighted by Crippen LogP contribution is 2.39. The maximum atomic E-state index is 6.37. The second-order valence-corrected chi connectivity index (χ2v) is 10.5. The van der Waals surface area contributed by atoms with Crippen LogP contribution >= 0.6 is 11.8 Å². The molecule has 9 heteroatoms. The van der Waals surface area contributed by atoms with Crippen molar-refractivity contribution in [2.45, 2.75) is 68.2 Å². The van der Waals surface area contributed by atoms with Crippen molar-refractivity contribution in [2.75, 3.05) is 25.6 Å². The molecule has 2 fully saturated rings. The van der Waals surface area contributed by atoms with Crippen LogP contribution in [0.25, 0.3) is 0 Å². The predicted octanol–water partition coefficient (Wildman–Crippen LogP) is 3.44. The fraction of sp³-hybridized carbons (Fsp3) is 0.542. The molecule has 1 aliphatic heterocycles. The van der Waals surface area contributed by atoms with Crippen LogP contribution in [0.3, 0.4) is 0 Å². The zero-order valence-corrected chi connectivity index (χ0v) is 19.8. The molecule has 2 heterocycles. The summed E-state index contributed by atoms with van der Waals surface area (Å²) in [6.45, 7) is 1.01. The molecule has 0 amide bonds. The normalized spacial score (nSPS) is 21.6. The van der Waals surface area contributed by atoms with Crippen molar-refractivity contribution in [1.29, 1.82) is 0 Å². The number of hydrogen-bond donors (Lipinski definition) is 3. The van der Waals surface area contributed by atoms with E-state index in [-0.39, 0.29) is 0 Å². The second-order valence-electron chi connectivity index (χ2n) is 9.41. The summed E-state index contributed by atoms with van der Waals surface area (Å²) in [7, 11) is 1.70. The van der Waals surface area contributed by atoms with Crippen LogP contribution in [-0.4, -0.2) is 52.9 Å². The van der Waals surface area contributed by atoms with Gasteiger partial charge in [0.1, 0.15) is 0 Å². The molecule has 0 atom stereocenters. The first-order chi connectivity index (χ1) is 16.1. The minimum absolute atomic E-state index is 0.371. The van der Waals surface area contributed by atoms with Gasteiger partial charge in [0.15, 0.2) is 5.60 Å². The van der Waals surface area contributed by atoms with Crippen molar-refractivity contribution >= 4 is 29.1 Å². The third-order valence-electron chi connectivity index (χ3n) is 7.07. The molecular formula is C24H30N6O2S. The number of ether oxygens (including phenoxy) is 2. The minimum atomic E-state index is -0.493. The number of aromatic amines is 1. The number of benzene rings is 1. The molecule has 1 aromatic heterocycles. The number of H-pyrrole nitrogens is 1. The fourth-order valence-electron chi connectivity index (χ4n) is 5.05. The summed E-state index contributed by atoms with van der Waals surface area (Å²) in [6.07, 6.45) is 11.2. The Morgan fingerprint density at radius 3 is 2.58 bits per heavy atom. The molecule has 0 unspecified atom stereocenters. The number of nitrogens with one attached hydrogen (secondary N) is 2. The summed E-state index contributed by atoms with van der Waals surface area (Å²) < 4.78 is 11.2. The van der Waals surface area contributed by atoms with Gasteiger partial charge in [0, 0.05) is 12.8 Å². The Kier molecular flexibility index (Phi) is 5.43. The minimum Gasteiger partial charge on any atom is -0.393 e. The highest BCUT2D eigenvalue weighted by molar-refractivity contribution is 8.02. The highest BCUT2D eigenvalue weighted by atomic mass is 32.2. The van der Waals surface area contributed by atoms with E-state index in [1.807, 2.05) is 6.08 Å². The van der Waals surface area contributed by atoms with Crippen LogP contribution in [-0.2, 0) is 35.2 Å². The van der Waals surface area contributed by atoms with Crippen molar-refractivity contribution in [3.8, 4) is 0 Å². The van der Waals surface area contributed by atoms with Crippen molar-refractivity contribution in [1.82, 2.24) is 15.2 Å². The van der Waals surface area contributed by atoms with E-state index in [1.54, 1.807) is 7.11 Å². The van der Waals surface area contributed by atoms with Gasteiger partial charge in [-0.25, -0.2) is 5.10 Å². The van der Waals surface area contributed by atoms with Gasteiger partial charge in [-0.05, 0) is 91.5 Å². The number of fused-ring (bicyclic) bond motifs is 2. The topological polar surface area (TPSA) is 110 Å². The number of nitrogens with two attached hydrogens (primary N) is 1. The standard InChI is InChI=1S/C24H30N6O2S/c1-31-24(12-32-13-24)19(26-16-8-9-16)11-20(25)33-23-28-22(29-30-23)27-21-17-6-2-4-14(17)10-15-5-3-7-18(15)21/h10-11,16H,2-9,12-13,25H2,1H3,(H2,27,28,29,30)/b20-11+,26-19?. The van der Waals surface area contributed by atoms with Gasteiger partial charge in [-0.15, -0.1) is 5.10 Å². The molecule has 33 heavy (non-hydrogen) atoms. The van der Waals surface area contributed by atoms with E-state index in [2.05, 4.69) is 26.6 Å². The van der Waals surface area contributed by atoms with Gasteiger partial charge in [-0.2, -0.15) is 4.98 Å². The van der Waals surface area contributed by atoms with Crippen LogP contribution < -0.4 is 11.1 Å². The van der Waals surface area contributed by atoms with Gasteiger partial charge >= 0.3 is 0 Å². The van der Waals surface area contributed by atoms with Crippen LogP contribution in [0.2, 0.25) is 0 Å². The summed E-state index contributed by atoms with van der Waals surface area (Å²) in [5.74, 6) is 0.660. The highest BCUT2D eigenvalue weighted by Gasteiger charge is 2.44. The van der Waals surface area contributed by atoms with Crippen molar-refractivity contribution in [3.05, 3.63) is 39.4 Å². The fourth-order valence-corrected chi connectivity index (χ4v) is 5.66. The Balaban J connectivity index is 1.20. The summed E-state index contributed by atoms with van der Waals surface area (Å²) in [6, 6.07) is 2.80. The molecular weight excluding hydrogens is 436 g/mol. The van der Waals surface area contributed by atoms with Gasteiger partial charge in [-0.1, -0.05) is 6.07 Å². The Labute approximate surface area is 197 Å². The average molecular weight is 467 g/mol. The Hall–Kier alpha value is -2.36. The van der Waals surface area contributed by atoms with Gasteiger partial charge in [0.05, 0.1) is 30.0 Å². The van der Waals surface area contributed by atoms with Crippen LogP contribution in [0.4, 0.5) is 11.6 Å². The number of anilines is 2. The van der Waals surface area contributed by atoms with E-state index >= 15 is 0 Å². The number of methoxy groups -OCH3 is 1. The zero-order chi connectivity index (χ0) is 22.4. The van der Waals surface area contributed by atoms with Gasteiger partial charge in [0.2, 0.25) is 11.1 Å². The summed E-state index contributed by atoms with van der Waals surface area (Å²) in [5, 5.41) is 12.2. The van der Waals surface area contributed by atoms with E-state index in [0.717, 1.165) is 31.4 Å². The summed E-state index contributed by atoms with van der Waals surface area (Å²) in [4.78, 5) is 9.51. The number of aromatic nitrogens is 3. The molecule has 6 rings (SSSR count). The molecule has 1 aromatic carbocycles. The van der Waals surface area contributed by atoms with E-state index in [9.17, 15) is 0 Å². The third kappa shape index (κ3) is 4.06. The van der Waals surface area contributed by atoms with Crippen LogP contribution in [0, 0.1) is 0 Å². The first kappa shape index (κ1) is 21.2. The van der Waals surface area contributed by atoms with E-state index in [1.165, 1.54) is 65.4 Å². The van der Waals surface area contributed by atoms with Crippen LogP contribution in [0.5, 0.6) is 0 Å². The molecule has 1 saturated carbocycles. The van der Waals surface area contributed by atoms with E-state index in [0.29, 0.717) is 35.4 Å². The molecule has 4 aliphatic rings. The lowest BCUT2D eigenvalue weighted by atomic mass is 9.95. The van der Waals surface area contributed by atoms with Crippen molar-refractivity contribution in [3.63, 3.8) is 0 Å². The summed E-state index contributed by atoms with van der Waals surface area (Å²) >= 11 is 1.33. The number of nitrogens with zero attached hydrogens (tertiary/aromatic N) is 3. The molecule has 4 N–H and O–H groups in total. The van der Waals surface area contributed by atoms with Gasteiger partial charge in [-0.3, -0.25) is 4.99 Å². The number of aliphatic imine (C=N–C) groups is 1. The molecule has 0 bridgehead atoms. The maximum absolute atomic E-state index is 6.37. The number of aryl methyl sites for hydroxylation is 2. The van der Waals surface area contributed by atoms with Crippen LogP contribution in [0.15, 0.2) is 27.3 Å². The molecule has 174 valence electrons. The summed E-state index contributed by atoms with van der Waals surface area (Å²) in [5.41, 5.74) is 13.9. The lowest BCUT2D eigenvalue weighted by Gasteiger charge is -2.40. The third-order valence-corrected chi connectivity index (χ3v) is 7.78. The molecule has 3 aliphatic carbocycles. The largest absolute Gasteiger partial charge is 0.393 e. The first-order valence-corrected chi connectivity index (χ1v) is 12.7. The quantitative estimate of drug-likeness (QED) is 0.404. The SMILES string of the molecule is COC1(C(/C=C(\N)Sc2n[nH]c(Nc3c4c(cc5c3CCC5)CCC4)n2)=NC2CC2)COC1. The van der Waals surface area contributed by atoms with Gasteiger partial charge < -0.3 is 20.5 Å². The second kappa shape index (κ2) is 8.45. The Bertz CT molecular complexity index is 1090. The van der Waals surface area contributed by atoms with Crippen molar-refractivity contribution in [2.24, 2.45) is 10.7 Å². The average Bonchev–Trinajstić information content (AvgIpc) is 3.15. The Morgan fingerprint density at radius 2 is 1.97 bits per heavy atom. The molecule has 1 saturated heterocycles. The van der Waals surface area contributed by atoms with Crippen LogP contribution in [0.1, 0.15) is 47.9 Å². The zero-order valence-electron chi connectivity index (χ0n) is 18.9. The first-order valence-electron chi connectivity index (χ1n) is 11.9. The maximum Gasteiger partial charge on any atom is 0.224 e. The molecule has 0 radical (unpaired) electrons. The monoisotopic (exact) mass is 466 g/mol. The number of thioether (sulfide) groups is 1. The molecule has 0 spiro atoms. The number of hydrogen-bond acceptors (Lipinski definition) is 8. The number of rotatable bonds is 8. The lowest BCUT2D eigenvalue weighted by molar-refractivity contribution is -0.152. The lowest BCUT2D eigenvalue weighted by Crippen LogP contribution is -2.57. The van der Waals surface area contributed by atoms with Gasteiger partial charge in [0.25, 0.3) is 0 Å². The molecule has 8 nitrogen and oxygen atoms in total. The van der Waals surface area contributed by atoms with E-state index < -0.39 is 5.60 Å². The smallest absolute Gasteiger partial charge is 0.224 e. The van der Waals surface area contributed by atoms with E-state index in [4.69, 9.17) is 20.2 Å². The van der Waals surface area contributed by atoms with Crippen molar-refractivity contribution < 1.29 is 9.47 Å². The Morgan fingerprint density at radius 1 is 1.24 bits per heavy atom. The predicted molar refractivity (Wildman–Crippen MR) is 129 cm³/mol. The molecule has 2 aromatic rings.